The van der Waals surface area contributed by atoms with Crippen LogP contribution in [0.2, 0.25) is 0 Å². The number of carbonyl (C=O) groups excluding carboxylic acids is 1. The number of hydrogen-bond donors (Lipinski definition) is 1. The van der Waals surface area contributed by atoms with E-state index in [1.807, 2.05) is 36.0 Å². The first-order chi connectivity index (χ1) is 8.74. The Morgan fingerprint density at radius 1 is 1.50 bits per heavy atom. The summed E-state index contributed by atoms with van der Waals surface area (Å²) in [6, 6.07) is 7.96. The van der Waals surface area contributed by atoms with E-state index in [0.717, 1.165) is 17.9 Å². The number of fused-ring (bicyclic) bond motifs is 1. The summed E-state index contributed by atoms with van der Waals surface area (Å²) in [5, 5.41) is 3.28. The van der Waals surface area contributed by atoms with Crippen LogP contribution in [0.5, 0.6) is 0 Å². The van der Waals surface area contributed by atoms with Gasteiger partial charge < -0.3 is 9.88 Å². The molecule has 0 aliphatic carbocycles. The highest BCUT2D eigenvalue weighted by Gasteiger charge is 2.26. The van der Waals surface area contributed by atoms with E-state index in [1.54, 1.807) is 6.20 Å². The summed E-state index contributed by atoms with van der Waals surface area (Å²) in [7, 11) is 1.91. The molecule has 1 aliphatic heterocycles. The lowest BCUT2D eigenvalue weighted by atomic mass is 10.0. The van der Waals surface area contributed by atoms with Crippen LogP contribution in [0.15, 0.2) is 36.7 Å². The molecule has 0 radical (unpaired) electrons. The minimum absolute atomic E-state index is 0.112. The first-order valence-corrected chi connectivity index (χ1v) is 6.07. The normalized spacial score (nSPS) is 17.3. The maximum atomic E-state index is 12.2. The summed E-state index contributed by atoms with van der Waals surface area (Å²) in [5.41, 5.74) is 2.30. The number of nitrogens with one attached hydrogen (secondary N) is 1. The van der Waals surface area contributed by atoms with Crippen LogP contribution < -0.4 is 5.32 Å². The van der Waals surface area contributed by atoms with Gasteiger partial charge in [-0.05, 0) is 11.6 Å². The number of Topliss-reactive ketones (excluding diaryl/α,β-unsaturated/α-hetero) is 1. The van der Waals surface area contributed by atoms with E-state index in [2.05, 4.69) is 16.4 Å². The molecule has 1 aromatic carbocycles. The van der Waals surface area contributed by atoms with Crippen molar-refractivity contribution in [1.29, 1.82) is 0 Å². The predicted octanol–water partition coefficient (Wildman–Crippen LogP) is 1.57. The molecule has 2 aromatic rings. The third kappa shape index (κ3) is 1.90. The van der Waals surface area contributed by atoms with Gasteiger partial charge in [-0.1, -0.05) is 18.2 Å². The first-order valence-electron chi connectivity index (χ1n) is 6.07. The van der Waals surface area contributed by atoms with Crippen LogP contribution in [0.4, 0.5) is 5.69 Å². The Morgan fingerprint density at radius 2 is 2.33 bits per heavy atom. The molecule has 1 aromatic heterocycles. The molecular weight excluding hydrogens is 226 g/mol. The number of carbonyl (C=O) groups is 1. The van der Waals surface area contributed by atoms with Crippen LogP contribution in [-0.4, -0.2) is 21.4 Å². The van der Waals surface area contributed by atoms with Crippen molar-refractivity contribution in [1.82, 2.24) is 9.55 Å². The van der Waals surface area contributed by atoms with Crippen molar-refractivity contribution in [2.24, 2.45) is 7.05 Å². The van der Waals surface area contributed by atoms with Crippen molar-refractivity contribution >= 4 is 11.5 Å². The Kier molecular flexibility index (Phi) is 2.63. The first kappa shape index (κ1) is 11.0. The molecule has 0 saturated heterocycles. The number of nitrogens with zero attached hydrogens (tertiary/aromatic N) is 2. The second-order valence-electron chi connectivity index (χ2n) is 4.66. The van der Waals surface area contributed by atoms with Crippen molar-refractivity contribution < 1.29 is 4.79 Å². The second kappa shape index (κ2) is 4.29. The van der Waals surface area contributed by atoms with Gasteiger partial charge in [0.25, 0.3) is 0 Å². The topological polar surface area (TPSA) is 46.9 Å². The molecule has 0 bridgehead atoms. The summed E-state index contributed by atoms with van der Waals surface area (Å²) >= 11 is 0. The highest BCUT2D eigenvalue weighted by molar-refractivity contribution is 5.90. The molecule has 2 heterocycles. The molecule has 1 N–H and O–H groups in total. The lowest BCUT2D eigenvalue weighted by Crippen LogP contribution is -2.29. The highest BCUT2D eigenvalue weighted by Crippen LogP contribution is 2.25. The molecule has 0 saturated carbocycles. The van der Waals surface area contributed by atoms with Crippen molar-refractivity contribution in [2.75, 3.05) is 5.32 Å². The molecule has 4 nitrogen and oxygen atoms in total. The third-order valence-electron chi connectivity index (χ3n) is 3.41. The zero-order valence-corrected chi connectivity index (χ0v) is 10.3. The monoisotopic (exact) mass is 241 g/mol. The zero-order valence-electron chi connectivity index (χ0n) is 10.3. The van der Waals surface area contributed by atoms with Gasteiger partial charge in [-0.2, -0.15) is 0 Å². The number of para-hydroxylation sites is 1. The second-order valence-corrected chi connectivity index (χ2v) is 4.66. The fraction of sp³-hybridized carbons (Fsp3) is 0.286. The fourth-order valence-electron chi connectivity index (χ4n) is 2.34. The van der Waals surface area contributed by atoms with Gasteiger partial charge >= 0.3 is 0 Å². The van der Waals surface area contributed by atoms with Gasteiger partial charge in [-0.3, -0.25) is 4.79 Å². The highest BCUT2D eigenvalue weighted by atomic mass is 16.1. The number of benzene rings is 1. The number of aryl methyl sites for hydroxylation is 1. The quantitative estimate of drug-likeness (QED) is 0.887. The minimum atomic E-state index is -0.112. The summed E-state index contributed by atoms with van der Waals surface area (Å²) in [6.07, 6.45) is 4.74. The van der Waals surface area contributed by atoms with E-state index in [4.69, 9.17) is 0 Å². The molecule has 4 heteroatoms. The Bertz CT molecular complexity index is 563. The summed E-state index contributed by atoms with van der Waals surface area (Å²) in [4.78, 5) is 16.4. The molecule has 0 fully saturated rings. The molecule has 18 heavy (non-hydrogen) atoms. The number of hydrogen-bond acceptors (Lipinski definition) is 3. The van der Waals surface area contributed by atoms with Gasteiger partial charge in [-0.15, -0.1) is 0 Å². The smallest absolute Gasteiger partial charge is 0.162 e. The van der Waals surface area contributed by atoms with E-state index in [1.165, 1.54) is 5.56 Å². The molecule has 0 amide bonds. The van der Waals surface area contributed by atoms with E-state index >= 15 is 0 Å². The zero-order chi connectivity index (χ0) is 12.5. The molecule has 0 spiro atoms. The van der Waals surface area contributed by atoms with Crippen LogP contribution in [0.3, 0.4) is 0 Å². The van der Waals surface area contributed by atoms with Crippen LogP contribution >= 0.6 is 0 Å². The van der Waals surface area contributed by atoms with E-state index < -0.39 is 0 Å². The standard InChI is InChI=1S/C14H15N3O/c1-17-7-6-15-14(17)9-13(18)12-8-10-4-2-3-5-11(10)16-12/h2-7,12,16H,8-9H2,1H3. The average Bonchev–Trinajstić information content (AvgIpc) is 2.96. The largest absolute Gasteiger partial charge is 0.375 e. The van der Waals surface area contributed by atoms with Gasteiger partial charge in [0.15, 0.2) is 5.78 Å². The maximum Gasteiger partial charge on any atom is 0.162 e. The van der Waals surface area contributed by atoms with Gasteiger partial charge in [0, 0.05) is 31.5 Å². The molecule has 3 rings (SSSR count). The lowest BCUT2D eigenvalue weighted by Gasteiger charge is -2.09. The van der Waals surface area contributed by atoms with Crippen LogP contribution in [0, 0.1) is 0 Å². The number of aromatic nitrogens is 2. The molecule has 1 aliphatic rings. The molecule has 1 unspecified atom stereocenters. The van der Waals surface area contributed by atoms with Gasteiger partial charge in [0.05, 0.1) is 12.5 Å². The molecule has 92 valence electrons. The van der Waals surface area contributed by atoms with Crippen molar-refractivity contribution in [2.45, 2.75) is 18.9 Å². The maximum absolute atomic E-state index is 12.2. The van der Waals surface area contributed by atoms with Crippen LogP contribution in [-0.2, 0) is 24.7 Å². The van der Waals surface area contributed by atoms with E-state index in [9.17, 15) is 4.79 Å². The summed E-state index contributed by atoms with van der Waals surface area (Å²) < 4.78 is 1.89. The molecular formula is C14H15N3O. The Labute approximate surface area is 106 Å². The van der Waals surface area contributed by atoms with E-state index in [-0.39, 0.29) is 11.8 Å². The third-order valence-corrected chi connectivity index (χ3v) is 3.41. The predicted molar refractivity (Wildman–Crippen MR) is 69.5 cm³/mol. The Morgan fingerprint density at radius 3 is 3.06 bits per heavy atom. The number of anilines is 1. The summed E-state index contributed by atoms with van der Waals surface area (Å²) in [5.74, 6) is 1.01. The number of imidazole rings is 1. The van der Waals surface area contributed by atoms with Crippen LogP contribution in [0.1, 0.15) is 11.4 Å². The molecule has 1 atom stereocenters. The Hall–Kier alpha value is -2.10. The van der Waals surface area contributed by atoms with Gasteiger partial charge in [0.1, 0.15) is 5.82 Å². The fourth-order valence-corrected chi connectivity index (χ4v) is 2.34. The van der Waals surface area contributed by atoms with Crippen molar-refractivity contribution in [3.05, 3.63) is 48.0 Å². The Balaban J connectivity index is 1.71. The van der Waals surface area contributed by atoms with E-state index in [0.29, 0.717) is 6.42 Å². The SMILES string of the molecule is Cn1ccnc1CC(=O)C1Cc2ccccc2N1. The van der Waals surface area contributed by atoms with Crippen LogP contribution in [0.25, 0.3) is 0 Å². The average molecular weight is 241 g/mol. The van der Waals surface area contributed by atoms with Crippen molar-refractivity contribution in [3.8, 4) is 0 Å². The minimum Gasteiger partial charge on any atom is -0.375 e. The van der Waals surface area contributed by atoms with Gasteiger partial charge in [-0.25, -0.2) is 4.98 Å². The lowest BCUT2D eigenvalue weighted by molar-refractivity contribution is -0.119. The summed E-state index contributed by atoms with van der Waals surface area (Å²) in [6.45, 7) is 0. The number of ketones is 1. The van der Waals surface area contributed by atoms with Crippen molar-refractivity contribution in [3.63, 3.8) is 0 Å². The number of rotatable bonds is 3. The van der Waals surface area contributed by atoms with Gasteiger partial charge in [0.2, 0.25) is 0 Å².